The lowest BCUT2D eigenvalue weighted by molar-refractivity contribution is 0.0544. The normalized spacial score (nSPS) is 13.6. The molecule has 0 saturated carbocycles. The van der Waals surface area contributed by atoms with Crippen LogP contribution in [0.15, 0.2) is 24.4 Å². The molecule has 0 aliphatic heterocycles. The van der Waals surface area contributed by atoms with Crippen molar-refractivity contribution in [2.45, 2.75) is 45.8 Å². The minimum atomic E-state index is -3.56. The Labute approximate surface area is 154 Å². The van der Waals surface area contributed by atoms with E-state index in [1.165, 1.54) is 4.57 Å². The summed E-state index contributed by atoms with van der Waals surface area (Å²) in [6, 6.07) is 5.36. The summed E-state index contributed by atoms with van der Waals surface area (Å²) in [5.41, 5.74) is 0.768. The predicted molar refractivity (Wildman–Crippen MR) is 99.2 cm³/mol. The van der Waals surface area contributed by atoms with Crippen molar-refractivity contribution in [1.29, 1.82) is 0 Å². The summed E-state index contributed by atoms with van der Waals surface area (Å²) in [6.45, 7) is 7.04. The van der Waals surface area contributed by atoms with Crippen molar-refractivity contribution >= 4 is 27.1 Å². The predicted octanol–water partition coefficient (Wildman–Crippen LogP) is 3.34. The maximum absolute atomic E-state index is 12.6. The maximum atomic E-state index is 12.6. The van der Waals surface area contributed by atoms with Gasteiger partial charge in [0.15, 0.2) is 0 Å². The van der Waals surface area contributed by atoms with E-state index < -0.39 is 27.9 Å². The van der Waals surface area contributed by atoms with Crippen molar-refractivity contribution in [2.24, 2.45) is 0 Å². The molecule has 0 radical (unpaired) electrons. The van der Waals surface area contributed by atoms with E-state index in [1.54, 1.807) is 53.1 Å². The molecule has 0 aliphatic rings. The van der Waals surface area contributed by atoms with Gasteiger partial charge in [0.2, 0.25) is 0 Å². The number of hydrogen-bond donors (Lipinski definition) is 0. The molecule has 1 aromatic carbocycles. The molecule has 0 bridgehead atoms. The second-order valence-electron chi connectivity index (χ2n) is 7.20. The number of carbonyl (C=O) groups is 1. The van der Waals surface area contributed by atoms with Crippen LogP contribution in [0.1, 0.15) is 33.3 Å². The topological polar surface area (TPSA) is 83.8 Å². The molecular weight excluding hydrogens is 358 g/mol. The first kappa shape index (κ1) is 20.3. The first-order chi connectivity index (χ1) is 11.9. The first-order valence-corrected chi connectivity index (χ1v) is 10.0. The third kappa shape index (κ3) is 5.22. The Hall–Kier alpha value is -2.06. The van der Waals surface area contributed by atoms with E-state index in [0.717, 1.165) is 17.2 Å². The van der Waals surface area contributed by atoms with E-state index in [2.05, 4.69) is 0 Å². The molecule has 2 rings (SSSR count). The number of rotatable bonds is 5. The second-order valence-corrected chi connectivity index (χ2v) is 8.80. The summed E-state index contributed by atoms with van der Waals surface area (Å²) in [4.78, 5) is 12.6. The van der Waals surface area contributed by atoms with Gasteiger partial charge >= 0.3 is 6.09 Å². The van der Waals surface area contributed by atoms with Gasteiger partial charge in [0, 0.05) is 24.1 Å². The zero-order valence-electron chi connectivity index (χ0n) is 15.9. The fourth-order valence-corrected chi connectivity index (χ4v) is 3.34. The molecule has 1 heterocycles. The lowest BCUT2D eigenvalue weighted by Crippen LogP contribution is -2.26. The molecule has 1 atom stereocenters. The zero-order chi connectivity index (χ0) is 19.7. The van der Waals surface area contributed by atoms with Crippen LogP contribution in [0, 0.1) is 0 Å². The molecular formula is C18H25NO6S. The third-order valence-corrected chi connectivity index (χ3v) is 4.21. The van der Waals surface area contributed by atoms with Crippen molar-refractivity contribution in [1.82, 2.24) is 4.57 Å². The molecule has 0 fully saturated rings. The van der Waals surface area contributed by atoms with Crippen LogP contribution in [0.2, 0.25) is 0 Å². The average molecular weight is 383 g/mol. The number of ether oxygens (including phenoxy) is 2. The van der Waals surface area contributed by atoms with Gasteiger partial charge in [0.05, 0.1) is 25.0 Å². The molecule has 0 aliphatic carbocycles. The number of hydrogen-bond acceptors (Lipinski definition) is 6. The molecule has 144 valence electrons. The summed E-state index contributed by atoms with van der Waals surface area (Å²) in [7, 11) is -2.01. The van der Waals surface area contributed by atoms with Gasteiger partial charge in [-0.25, -0.2) is 4.79 Å². The van der Waals surface area contributed by atoms with Crippen LogP contribution < -0.4 is 4.74 Å². The summed E-state index contributed by atoms with van der Waals surface area (Å²) >= 11 is 0. The highest BCUT2D eigenvalue weighted by atomic mass is 32.2. The lowest BCUT2D eigenvalue weighted by Gasteiger charge is -2.19. The number of nitrogens with zero attached hydrogens (tertiary/aromatic N) is 1. The van der Waals surface area contributed by atoms with E-state index in [1.807, 2.05) is 6.07 Å². The average Bonchev–Trinajstić information content (AvgIpc) is 2.81. The van der Waals surface area contributed by atoms with Gasteiger partial charge in [-0.05, 0) is 45.4 Å². The Morgan fingerprint density at radius 2 is 1.92 bits per heavy atom. The highest BCUT2D eigenvalue weighted by Crippen LogP contribution is 2.28. The molecule has 0 N–H and O–H groups in total. The second kappa shape index (κ2) is 7.28. The minimum Gasteiger partial charge on any atom is -0.497 e. The fraction of sp³-hybridized carbons (Fsp3) is 0.500. The standard InChI is InChI=1S/C18H25NO6S/c1-12(25-26(6,21)22)9-13-11-19(17(20)24-18(2,3)4)16-10-14(23-5)7-8-15(13)16/h7-8,10-12H,9H2,1-6H3/t12-/m0/s1. The van der Waals surface area contributed by atoms with Gasteiger partial charge < -0.3 is 9.47 Å². The summed E-state index contributed by atoms with van der Waals surface area (Å²) in [5.74, 6) is 0.604. The SMILES string of the molecule is COc1ccc2c(C[C@H](C)OS(C)(=O)=O)cn(C(=O)OC(C)(C)C)c2c1. The van der Waals surface area contributed by atoms with Gasteiger partial charge in [-0.2, -0.15) is 8.42 Å². The Morgan fingerprint density at radius 3 is 2.46 bits per heavy atom. The molecule has 0 saturated heterocycles. The van der Waals surface area contributed by atoms with Crippen molar-refractivity contribution in [2.75, 3.05) is 13.4 Å². The minimum absolute atomic E-state index is 0.325. The largest absolute Gasteiger partial charge is 0.497 e. The fourth-order valence-electron chi connectivity index (χ4n) is 2.67. The quantitative estimate of drug-likeness (QED) is 0.737. The summed E-state index contributed by atoms with van der Waals surface area (Å²) < 4.78 is 39.8. The maximum Gasteiger partial charge on any atom is 0.419 e. The van der Waals surface area contributed by atoms with Crippen LogP contribution in [0.3, 0.4) is 0 Å². The van der Waals surface area contributed by atoms with Gasteiger partial charge in [0.25, 0.3) is 10.1 Å². The first-order valence-electron chi connectivity index (χ1n) is 8.19. The number of methoxy groups -OCH3 is 1. The monoisotopic (exact) mass is 383 g/mol. The van der Waals surface area contributed by atoms with Gasteiger partial charge in [0.1, 0.15) is 11.4 Å². The summed E-state index contributed by atoms with van der Waals surface area (Å²) in [5, 5.41) is 0.806. The molecule has 0 amide bonds. The molecule has 7 nitrogen and oxygen atoms in total. The van der Waals surface area contributed by atoms with E-state index in [0.29, 0.717) is 17.7 Å². The number of benzene rings is 1. The Bertz CT molecular complexity index is 908. The molecule has 0 unspecified atom stereocenters. The van der Waals surface area contributed by atoms with Gasteiger partial charge in [-0.1, -0.05) is 0 Å². The van der Waals surface area contributed by atoms with Gasteiger partial charge in [-0.3, -0.25) is 8.75 Å². The number of carbonyl (C=O) groups excluding carboxylic acids is 1. The van der Waals surface area contributed by atoms with Crippen LogP contribution in [-0.2, 0) is 25.5 Å². The smallest absolute Gasteiger partial charge is 0.419 e. The van der Waals surface area contributed by atoms with Crippen LogP contribution in [-0.4, -0.2) is 44.1 Å². The van der Waals surface area contributed by atoms with Crippen LogP contribution in [0.4, 0.5) is 4.79 Å². The Morgan fingerprint density at radius 1 is 1.27 bits per heavy atom. The number of aromatic nitrogens is 1. The Kier molecular flexibility index (Phi) is 5.67. The number of fused-ring (bicyclic) bond motifs is 1. The van der Waals surface area contributed by atoms with Crippen molar-refractivity contribution in [3.05, 3.63) is 30.0 Å². The van der Waals surface area contributed by atoms with E-state index in [4.69, 9.17) is 13.7 Å². The molecule has 0 spiro atoms. The lowest BCUT2D eigenvalue weighted by atomic mass is 10.1. The Balaban J connectivity index is 2.46. The zero-order valence-corrected chi connectivity index (χ0v) is 16.7. The van der Waals surface area contributed by atoms with E-state index in [-0.39, 0.29) is 0 Å². The summed E-state index contributed by atoms with van der Waals surface area (Å²) in [6.07, 6.45) is 1.91. The molecule has 8 heteroatoms. The van der Waals surface area contributed by atoms with Crippen LogP contribution >= 0.6 is 0 Å². The van der Waals surface area contributed by atoms with Crippen molar-refractivity contribution in [3.63, 3.8) is 0 Å². The molecule has 26 heavy (non-hydrogen) atoms. The van der Waals surface area contributed by atoms with Crippen molar-refractivity contribution < 1.29 is 26.9 Å². The molecule has 1 aromatic heterocycles. The van der Waals surface area contributed by atoms with Gasteiger partial charge in [-0.15, -0.1) is 0 Å². The van der Waals surface area contributed by atoms with Crippen LogP contribution in [0.25, 0.3) is 10.9 Å². The van der Waals surface area contributed by atoms with Crippen LogP contribution in [0.5, 0.6) is 5.75 Å². The highest BCUT2D eigenvalue weighted by molar-refractivity contribution is 7.86. The van der Waals surface area contributed by atoms with E-state index >= 15 is 0 Å². The van der Waals surface area contributed by atoms with Crippen molar-refractivity contribution in [3.8, 4) is 5.75 Å². The van der Waals surface area contributed by atoms with E-state index in [9.17, 15) is 13.2 Å². The molecule has 2 aromatic rings. The highest BCUT2D eigenvalue weighted by Gasteiger charge is 2.22. The third-order valence-electron chi connectivity index (χ3n) is 3.53.